The first-order valence-corrected chi connectivity index (χ1v) is 8.99. The minimum absolute atomic E-state index is 0.0566. The van der Waals surface area contributed by atoms with E-state index in [4.69, 9.17) is 4.43 Å². The molecule has 1 N–H and O–H groups in total. The van der Waals surface area contributed by atoms with Crippen LogP contribution >= 0.6 is 0 Å². The maximum Gasteiger partial charge on any atom is 0.192 e. The molecular weight excluding hydrogens is 216 g/mol. The largest absolute Gasteiger partial charge is 0.411 e. The molecule has 0 rings (SSSR count). The predicted molar refractivity (Wildman–Crippen MR) is 73.2 cm³/mol. The molecule has 0 aromatic rings. The third-order valence-electron chi connectivity index (χ3n) is 3.45. The topological polar surface area (TPSA) is 29.5 Å². The molecule has 0 radical (unpaired) electrons. The predicted octanol–water partition coefficient (Wildman–Crippen LogP) is 3.72. The highest BCUT2D eigenvalue weighted by molar-refractivity contribution is 6.74. The highest BCUT2D eigenvalue weighted by atomic mass is 28.4. The van der Waals surface area contributed by atoms with Gasteiger partial charge in [-0.25, -0.2) is 0 Å². The number of hydrogen-bond donors (Lipinski definition) is 1. The molecule has 96 valence electrons. The second kappa shape index (κ2) is 5.99. The Balaban J connectivity index is 4.55. The Morgan fingerprint density at radius 1 is 1.38 bits per heavy atom. The summed E-state index contributed by atoms with van der Waals surface area (Å²) in [5.41, 5.74) is 0. The number of hydrogen-bond acceptors (Lipinski definition) is 2. The van der Waals surface area contributed by atoms with Crippen LogP contribution < -0.4 is 0 Å². The summed E-state index contributed by atoms with van der Waals surface area (Å²) < 4.78 is 6.21. The van der Waals surface area contributed by atoms with E-state index in [1.165, 1.54) is 0 Å². The van der Waals surface area contributed by atoms with Gasteiger partial charge in [0.2, 0.25) is 0 Å². The SMILES string of the molecule is C=CCC[C@H](O[Si](C)(C)C(C)(C)C)[C@H](C)O. The zero-order valence-corrected chi connectivity index (χ0v) is 12.7. The lowest BCUT2D eigenvalue weighted by Crippen LogP contribution is -2.46. The molecule has 0 unspecified atom stereocenters. The van der Waals surface area contributed by atoms with Crippen molar-refractivity contribution in [2.75, 3.05) is 0 Å². The van der Waals surface area contributed by atoms with Crippen molar-refractivity contribution in [1.29, 1.82) is 0 Å². The van der Waals surface area contributed by atoms with Gasteiger partial charge in [-0.05, 0) is 37.9 Å². The van der Waals surface area contributed by atoms with E-state index in [1.54, 1.807) is 6.92 Å². The van der Waals surface area contributed by atoms with Gasteiger partial charge in [0.15, 0.2) is 8.32 Å². The van der Waals surface area contributed by atoms with Crippen molar-refractivity contribution in [3.8, 4) is 0 Å². The van der Waals surface area contributed by atoms with Gasteiger partial charge in [-0.2, -0.15) is 0 Å². The van der Waals surface area contributed by atoms with Gasteiger partial charge in [0, 0.05) is 0 Å². The minimum Gasteiger partial charge on any atom is -0.411 e. The fraction of sp³-hybridized carbons (Fsp3) is 0.846. The van der Waals surface area contributed by atoms with E-state index in [0.29, 0.717) is 0 Å². The number of allylic oxidation sites excluding steroid dienone is 1. The van der Waals surface area contributed by atoms with Crippen LogP contribution in [0.15, 0.2) is 12.7 Å². The molecule has 2 atom stereocenters. The first kappa shape index (κ1) is 15.9. The summed E-state index contributed by atoms with van der Waals surface area (Å²) in [4.78, 5) is 0. The van der Waals surface area contributed by atoms with Gasteiger partial charge in [-0.3, -0.25) is 0 Å². The fourth-order valence-electron chi connectivity index (χ4n) is 1.24. The van der Waals surface area contributed by atoms with E-state index < -0.39 is 14.4 Å². The highest BCUT2D eigenvalue weighted by Gasteiger charge is 2.39. The van der Waals surface area contributed by atoms with Gasteiger partial charge < -0.3 is 9.53 Å². The molecule has 0 heterocycles. The first-order chi connectivity index (χ1) is 7.12. The van der Waals surface area contributed by atoms with Crippen LogP contribution in [0.3, 0.4) is 0 Å². The van der Waals surface area contributed by atoms with Crippen molar-refractivity contribution in [2.45, 2.75) is 70.9 Å². The molecule has 3 heteroatoms. The molecule has 2 nitrogen and oxygen atoms in total. The Labute approximate surface area is 102 Å². The van der Waals surface area contributed by atoms with Gasteiger partial charge in [0.25, 0.3) is 0 Å². The molecule has 0 aliphatic heterocycles. The lowest BCUT2D eigenvalue weighted by molar-refractivity contribution is 0.0348. The van der Waals surface area contributed by atoms with Crippen LogP contribution in [0.2, 0.25) is 18.1 Å². The number of rotatable bonds is 6. The molecule has 0 fully saturated rings. The Hall–Kier alpha value is -0.123. The average molecular weight is 244 g/mol. The average Bonchev–Trinajstić information content (AvgIpc) is 2.09. The summed E-state index contributed by atoms with van der Waals surface area (Å²) in [5, 5.41) is 9.92. The molecule has 0 amide bonds. The smallest absolute Gasteiger partial charge is 0.192 e. The molecule has 0 spiro atoms. The van der Waals surface area contributed by atoms with Crippen LogP contribution in [0, 0.1) is 0 Å². The van der Waals surface area contributed by atoms with Gasteiger partial charge in [-0.1, -0.05) is 26.8 Å². The van der Waals surface area contributed by atoms with Crippen LogP contribution in [0.1, 0.15) is 40.5 Å². The molecule has 0 aromatic carbocycles. The molecule has 0 bridgehead atoms. The van der Waals surface area contributed by atoms with Crippen molar-refractivity contribution < 1.29 is 9.53 Å². The van der Waals surface area contributed by atoms with E-state index in [9.17, 15) is 5.11 Å². The summed E-state index contributed by atoms with van der Waals surface area (Å²) in [5.74, 6) is 0. The molecule has 0 aromatic heterocycles. The van der Waals surface area contributed by atoms with Crippen molar-refractivity contribution >= 4 is 8.32 Å². The summed E-state index contributed by atoms with van der Waals surface area (Å²) in [6.07, 6.45) is 3.16. The Morgan fingerprint density at radius 3 is 2.19 bits per heavy atom. The Bertz CT molecular complexity index is 216. The van der Waals surface area contributed by atoms with E-state index in [2.05, 4.69) is 40.4 Å². The normalized spacial score (nSPS) is 16.9. The van der Waals surface area contributed by atoms with Crippen molar-refractivity contribution in [3.05, 3.63) is 12.7 Å². The van der Waals surface area contributed by atoms with Gasteiger partial charge in [0.1, 0.15) is 0 Å². The van der Waals surface area contributed by atoms with Crippen LogP contribution in [-0.4, -0.2) is 25.6 Å². The second-order valence-corrected chi connectivity index (χ2v) is 10.8. The third kappa shape index (κ3) is 4.81. The standard InChI is InChI=1S/C13H28O2Si/c1-8-9-10-12(11(2)14)15-16(6,7)13(3,4)5/h8,11-12,14H,1,9-10H2,2-7H3/t11-,12-/m0/s1. The fourth-order valence-corrected chi connectivity index (χ4v) is 2.66. The lowest BCUT2D eigenvalue weighted by atomic mass is 10.1. The Kier molecular flexibility index (Phi) is 5.94. The van der Waals surface area contributed by atoms with Gasteiger partial charge >= 0.3 is 0 Å². The maximum absolute atomic E-state index is 9.73. The molecule has 0 aliphatic rings. The van der Waals surface area contributed by atoms with Crippen LogP contribution in [0.25, 0.3) is 0 Å². The molecule has 0 saturated heterocycles. The number of aliphatic hydroxyl groups is 1. The first-order valence-electron chi connectivity index (χ1n) is 6.08. The monoisotopic (exact) mass is 244 g/mol. The zero-order valence-electron chi connectivity index (χ0n) is 11.7. The lowest BCUT2D eigenvalue weighted by Gasteiger charge is -2.40. The van der Waals surface area contributed by atoms with Crippen LogP contribution in [0.4, 0.5) is 0 Å². The van der Waals surface area contributed by atoms with Crippen molar-refractivity contribution in [3.63, 3.8) is 0 Å². The van der Waals surface area contributed by atoms with Crippen LogP contribution in [0.5, 0.6) is 0 Å². The summed E-state index contributed by atoms with van der Waals surface area (Å²) in [7, 11) is -1.78. The summed E-state index contributed by atoms with van der Waals surface area (Å²) >= 11 is 0. The third-order valence-corrected chi connectivity index (χ3v) is 7.95. The van der Waals surface area contributed by atoms with E-state index >= 15 is 0 Å². The van der Waals surface area contributed by atoms with E-state index in [1.807, 2.05) is 6.08 Å². The maximum atomic E-state index is 9.73. The molecule has 16 heavy (non-hydrogen) atoms. The number of aliphatic hydroxyl groups excluding tert-OH is 1. The minimum atomic E-state index is -1.78. The van der Waals surface area contributed by atoms with Crippen molar-refractivity contribution in [1.82, 2.24) is 0 Å². The summed E-state index contributed by atoms with van der Waals surface area (Å²) in [6.45, 7) is 16.6. The summed E-state index contributed by atoms with van der Waals surface area (Å²) in [6, 6.07) is 0. The van der Waals surface area contributed by atoms with E-state index in [0.717, 1.165) is 12.8 Å². The van der Waals surface area contributed by atoms with Gasteiger partial charge in [-0.15, -0.1) is 6.58 Å². The molecule has 0 aliphatic carbocycles. The Morgan fingerprint density at radius 2 is 1.88 bits per heavy atom. The highest BCUT2D eigenvalue weighted by Crippen LogP contribution is 2.38. The van der Waals surface area contributed by atoms with E-state index in [-0.39, 0.29) is 11.1 Å². The molecule has 0 saturated carbocycles. The van der Waals surface area contributed by atoms with Gasteiger partial charge in [0.05, 0.1) is 12.2 Å². The van der Waals surface area contributed by atoms with Crippen molar-refractivity contribution in [2.24, 2.45) is 0 Å². The molecular formula is C13H28O2Si. The quantitative estimate of drug-likeness (QED) is 0.570. The second-order valence-electron chi connectivity index (χ2n) is 6.02. The van der Waals surface area contributed by atoms with Crippen LogP contribution in [-0.2, 0) is 4.43 Å². The zero-order chi connectivity index (χ0) is 13.0.